The van der Waals surface area contributed by atoms with E-state index in [4.69, 9.17) is 0 Å². The van der Waals surface area contributed by atoms with Crippen LogP contribution in [0.3, 0.4) is 0 Å². The van der Waals surface area contributed by atoms with E-state index in [2.05, 4.69) is 20.2 Å². The molecule has 8 heteroatoms. The van der Waals surface area contributed by atoms with Crippen LogP contribution in [0.2, 0.25) is 0 Å². The molecule has 30 heavy (non-hydrogen) atoms. The van der Waals surface area contributed by atoms with E-state index >= 15 is 0 Å². The highest BCUT2D eigenvalue weighted by molar-refractivity contribution is 7.21. The molecule has 0 unspecified atom stereocenters. The Balaban J connectivity index is 1.26. The third-order valence-corrected chi connectivity index (χ3v) is 6.41. The van der Waals surface area contributed by atoms with E-state index in [1.807, 2.05) is 49.1 Å². The number of carbonyl (C=O) groups excluding carboxylic acids is 2. The van der Waals surface area contributed by atoms with Gasteiger partial charge in [-0.3, -0.25) is 9.59 Å². The summed E-state index contributed by atoms with van der Waals surface area (Å²) in [6.07, 6.45) is 2.19. The van der Waals surface area contributed by atoms with E-state index in [-0.39, 0.29) is 24.7 Å². The predicted octanol–water partition coefficient (Wildman–Crippen LogP) is 3.38. The fraction of sp³-hybridized carbons (Fsp3) is 0.364. The zero-order valence-corrected chi connectivity index (χ0v) is 18.0. The maximum absolute atomic E-state index is 12.6. The molecule has 0 saturated carbocycles. The Bertz CT molecular complexity index is 1020. The molecule has 3 aromatic rings. The van der Waals surface area contributed by atoms with Crippen LogP contribution in [0.5, 0.6) is 0 Å². The van der Waals surface area contributed by atoms with Gasteiger partial charge < -0.3 is 15.1 Å². The van der Waals surface area contributed by atoms with Gasteiger partial charge in [0.1, 0.15) is 10.3 Å². The molecule has 0 radical (unpaired) electrons. The lowest BCUT2D eigenvalue weighted by Gasteiger charge is -2.34. The summed E-state index contributed by atoms with van der Waals surface area (Å²) in [5, 5.41) is 3.90. The summed E-state index contributed by atoms with van der Waals surface area (Å²) in [6.45, 7) is 6.69. The summed E-state index contributed by atoms with van der Waals surface area (Å²) in [6, 6.07) is 9.75. The van der Waals surface area contributed by atoms with Crippen LogP contribution in [-0.2, 0) is 9.59 Å². The van der Waals surface area contributed by atoms with Crippen molar-refractivity contribution in [2.75, 3.05) is 36.4 Å². The molecular weight excluding hydrogens is 398 g/mol. The number of aromatic nitrogens is 2. The number of fused-ring (bicyclic) bond motifs is 1. The van der Waals surface area contributed by atoms with E-state index in [1.165, 1.54) is 0 Å². The number of anilines is 2. The second kappa shape index (κ2) is 8.79. The molecule has 1 fully saturated rings. The minimum absolute atomic E-state index is 0.0253. The number of hydrogen-bond acceptors (Lipinski definition) is 6. The van der Waals surface area contributed by atoms with Crippen molar-refractivity contribution in [3.63, 3.8) is 0 Å². The smallest absolute Gasteiger partial charge is 0.224 e. The van der Waals surface area contributed by atoms with Crippen LogP contribution in [0, 0.1) is 13.8 Å². The fourth-order valence-corrected chi connectivity index (χ4v) is 4.59. The molecule has 2 aromatic heterocycles. The third kappa shape index (κ3) is 4.43. The normalized spacial score (nSPS) is 14.2. The number of aryl methyl sites for hydroxylation is 2. The van der Waals surface area contributed by atoms with Gasteiger partial charge in [-0.2, -0.15) is 0 Å². The van der Waals surface area contributed by atoms with Crippen LogP contribution in [0.1, 0.15) is 24.0 Å². The summed E-state index contributed by atoms with van der Waals surface area (Å²) in [5.74, 6) is -0.0985. The van der Waals surface area contributed by atoms with Crippen molar-refractivity contribution < 1.29 is 9.59 Å². The molecule has 2 amide bonds. The van der Waals surface area contributed by atoms with Gasteiger partial charge in [0.25, 0.3) is 0 Å². The van der Waals surface area contributed by atoms with Crippen molar-refractivity contribution in [1.29, 1.82) is 0 Å². The number of nitrogens with one attached hydrogen (secondary N) is 1. The number of para-hydroxylation sites is 1. The second-order valence-electron chi connectivity index (χ2n) is 7.51. The molecule has 1 N–H and O–H groups in total. The standard InChI is InChI=1S/C22H25N5O2S/c1-15-5-3-6-16(2)20(15)25-18(28)8-9-19(29)26-11-13-27(14-12-26)22-24-17-7-4-10-23-21(17)30-22/h3-7,10H,8-9,11-14H2,1-2H3,(H,25,28). The van der Waals surface area contributed by atoms with Gasteiger partial charge in [0.05, 0.1) is 0 Å². The first kappa shape index (κ1) is 20.3. The summed E-state index contributed by atoms with van der Waals surface area (Å²) < 4.78 is 0. The average molecular weight is 424 g/mol. The number of nitrogens with zero attached hydrogens (tertiary/aromatic N) is 4. The first-order valence-corrected chi connectivity index (χ1v) is 10.9. The molecular formula is C22H25N5O2S. The fourth-order valence-electron chi connectivity index (χ4n) is 3.63. The van der Waals surface area contributed by atoms with Gasteiger partial charge in [-0.1, -0.05) is 29.5 Å². The number of hydrogen-bond donors (Lipinski definition) is 1. The molecule has 7 nitrogen and oxygen atoms in total. The lowest BCUT2D eigenvalue weighted by molar-refractivity contribution is -0.133. The Hall–Kier alpha value is -3.00. The molecule has 1 aliphatic heterocycles. The number of amides is 2. The average Bonchev–Trinajstić information content (AvgIpc) is 3.19. The van der Waals surface area contributed by atoms with Crippen molar-refractivity contribution in [2.24, 2.45) is 0 Å². The molecule has 0 atom stereocenters. The predicted molar refractivity (Wildman–Crippen MR) is 120 cm³/mol. The van der Waals surface area contributed by atoms with E-state index in [0.717, 1.165) is 45.4 Å². The number of thiazole rings is 1. The Morgan fingerprint density at radius 3 is 2.47 bits per heavy atom. The molecule has 4 rings (SSSR count). The van der Waals surface area contributed by atoms with E-state index < -0.39 is 0 Å². The van der Waals surface area contributed by atoms with Gasteiger partial charge in [0.2, 0.25) is 11.8 Å². The topological polar surface area (TPSA) is 78.4 Å². The summed E-state index contributed by atoms with van der Waals surface area (Å²) in [7, 11) is 0. The minimum Gasteiger partial charge on any atom is -0.344 e. The van der Waals surface area contributed by atoms with Crippen molar-refractivity contribution in [1.82, 2.24) is 14.9 Å². The van der Waals surface area contributed by atoms with Crippen LogP contribution in [-0.4, -0.2) is 52.9 Å². The zero-order chi connectivity index (χ0) is 21.1. The summed E-state index contributed by atoms with van der Waals surface area (Å²) in [5.41, 5.74) is 3.80. The number of piperazine rings is 1. The van der Waals surface area contributed by atoms with Gasteiger partial charge in [-0.15, -0.1) is 0 Å². The Morgan fingerprint density at radius 1 is 1.03 bits per heavy atom. The molecule has 3 heterocycles. The van der Waals surface area contributed by atoms with Gasteiger partial charge >= 0.3 is 0 Å². The minimum atomic E-state index is -0.124. The molecule has 0 spiro atoms. The SMILES string of the molecule is Cc1cccc(C)c1NC(=O)CCC(=O)N1CCN(c2nc3cccnc3s2)CC1. The van der Waals surface area contributed by atoms with Crippen LogP contribution in [0.25, 0.3) is 10.3 Å². The first-order valence-electron chi connectivity index (χ1n) is 10.1. The zero-order valence-electron chi connectivity index (χ0n) is 17.2. The highest BCUT2D eigenvalue weighted by atomic mass is 32.1. The largest absolute Gasteiger partial charge is 0.344 e. The molecule has 0 aliphatic carbocycles. The second-order valence-corrected chi connectivity index (χ2v) is 8.46. The quantitative estimate of drug-likeness (QED) is 0.681. The lowest BCUT2D eigenvalue weighted by atomic mass is 10.1. The van der Waals surface area contributed by atoms with Crippen molar-refractivity contribution in [2.45, 2.75) is 26.7 Å². The van der Waals surface area contributed by atoms with Crippen molar-refractivity contribution in [3.8, 4) is 0 Å². The van der Waals surface area contributed by atoms with E-state index in [1.54, 1.807) is 17.5 Å². The van der Waals surface area contributed by atoms with Crippen LogP contribution in [0.15, 0.2) is 36.5 Å². The van der Waals surface area contributed by atoms with Crippen LogP contribution >= 0.6 is 11.3 Å². The Morgan fingerprint density at radius 2 is 1.77 bits per heavy atom. The molecule has 156 valence electrons. The molecule has 1 aliphatic rings. The lowest BCUT2D eigenvalue weighted by Crippen LogP contribution is -2.48. The summed E-state index contributed by atoms with van der Waals surface area (Å²) >= 11 is 1.58. The van der Waals surface area contributed by atoms with Gasteiger partial charge in [0, 0.05) is 50.9 Å². The number of carbonyl (C=O) groups is 2. The van der Waals surface area contributed by atoms with Gasteiger partial charge in [0.15, 0.2) is 5.13 Å². The molecule has 1 aromatic carbocycles. The summed E-state index contributed by atoms with van der Waals surface area (Å²) in [4.78, 5) is 38.9. The van der Waals surface area contributed by atoms with Gasteiger partial charge in [-0.25, -0.2) is 9.97 Å². The number of rotatable bonds is 5. The number of benzene rings is 1. The maximum atomic E-state index is 12.6. The highest BCUT2D eigenvalue weighted by Gasteiger charge is 2.23. The molecule has 1 saturated heterocycles. The van der Waals surface area contributed by atoms with Gasteiger partial charge in [-0.05, 0) is 37.1 Å². The third-order valence-electron chi connectivity index (χ3n) is 5.37. The van der Waals surface area contributed by atoms with Crippen molar-refractivity contribution >= 4 is 44.3 Å². The Kier molecular flexibility index (Phi) is 5.94. The first-order chi connectivity index (χ1) is 14.5. The number of pyridine rings is 1. The monoisotopic (exact) mass is 423 g/mol. The molecule has 0 bridgehead atoms. The van der Waals surface area contributed by atoms with Crippen LogP contribution < -0.4 is 10.2 Å². The van der Waals surface area contributed by atoms with Crippen LogP contribution in [0.4, 0.5) is 10.8 Å². The van der Waals surface area contributed by atoms with Crippen molar-refractivity contribution in [3.05, 3.63) is 47.7 Å². The maximum Gasteiger partial charge on any atom is 0.224 e. The van der Waals surface area contributed by atoms with E-state index in [9.17, 15) is 9.59 Å². The van der Waals surface area contributed by atoms with E-state index in [0.29, 0.717) is 13.1 Å². The highest BCUT2D eigenvalue weighted by Crippen LogP contribution is 2.27. The Labute approximate surface area is 179 Å².